The van der Waals surface area contributed by atoms with Crippen LogP contribution >= 0.6 is 0 Å². The van der Waals surface area contributed by atoms with Crippen molar-refractivity contribution in [3.8, 4) is 0 Å². The molecule has 0 fully saturated rings. The monoisotopic (exact) mass is 154 g/mol. The maximum atomic E-state index is 11.6. The number of nitrogens with zero attached hydrogens (tertiary/aromatic N) is 2. The number of hydrogen-bond donors (Lipinski definition) is 0. The number of halogens is 1. The summed E-state index contributed by atoms with van der Waals surface area (Å²) in [5.74, 6) is 0.441. The van der Waals surface area contributed by atoms with Crippen LogP contribution in [0.4, 0.5) is 4.39 Å². The van der Waals surface area contributed by atoms with Gasteiger partial charge in [0.15, 0.2) is 0 Å². The summed E-state index contributed by atoms with van der Waals surface area (Å²) >= 11 is 0. The fraction of sp³-hybridized carbons (Fsp3) is 0.375. The van der Waals surface area contributed by atoms with E-state index in [0.717, 1.165) is 5.56 Å². The molecule has 0 saturated heterocycles. The molecule has 1 aromatic heterocycles. The highest BCUT2D eigenvalue weighted by atomic mass is 19.1. The highest BCUT2D eigenvalue weighted by Crippen LogP contribution is 2.11. The highest BCUT2D eigenvalue weighted by molar-refractivity contribution is 5.21. The van der Waals surface area contributed by atoms with E-state index in [9.17, 15) is 4.39 Å². The third kappa shape index (κ3) is 1.90. The fourth-order valence-electron chi connectivity index (χ4n) is 0.790. The van der Waals surface area contributed by atoms with Gasteiger partial charge in [-0.25, -0.2) is 9.07 Å². The molecule has 0 aliphatic carbocycles. The molecule has 0 saturated carbocycles. The Labute approximate surface area is 65.3 Å². The minimum atomic E-state index is 0.441. The van der Waals surface area contributed by atoms with Gasteiger partial charge in [-0.05, 0) is 11.5 Å². The van der Waals surface area contributed by atoms with Gasteiger partial charge in [0.2, 0.25) is 0 Å². The Morgan fingerprint density at radius 2 is 2.36 bits per heavy atom. The summed E-state index contributed by atoms with van der Waals surface area (Å²) in [6.07, 6.45) is 5.29. The Hall–Kier alpha value is -1.12. The summed E-state index contributed by atoms with van der Waals surface area (Å²) in [6, 6.07) is 0. The van der Waals surface area contributed by atoms with Gasteiger partial charge in [-0.15, -0.1) is 0 Å². The first-order valence-corrected chi connectivity index (χ1v) is 3.55. The van der Waals surface area contributed by atoms with Crippen LogP contribution in [0.1, 0.15) is 25.3 Å². The summed E-state index contributed by atoms with van der Waals surface area (Å²) in [7, 11) is 0. The molecular weight excluding hydrogens is 143 g/mol. The minimum Gasteiger partial charge on any atom is -0.246 e. The second kappa shape index (κ2) is 3.32. The first-order chi connectivity index (χ1) is 5.24. The number of rotatable bonds is 2. The van der Waals surface area contributed by atoms with Crippen LogP contribution in [0.2, 0.25) is 0 Å². The lowest BCUT2D eigenvalue weighted by Crippen LogP contribution is -1.84. The molecular formula is C8H11FN2. The average Bonchev–Trinajstić information content (AvgIpc) is 2.37. The lowest BCUT2D eigenvalue weighted by Gasteiger charge is -1.95. The Morgan fingerprint density at radius 1 is 1.64 bits per heavy atom. The molecule has 0 bridgehead atoms. The molecule has 1 rings (SSSR count). The smallest absolute Gasteiger partial charge is 0.105 e. The van der Waals surface area contributed by atoms with E-state index in [-0.39, 0.29) is 0 Å². The standard InChI is InChI=1S/C8H11FN2/c1-7(2)8-5-10-11(6-8)4-3-9/h3-7H,1-2H3/b4-3+. The van der Waals surface area contributed by atoms with Gasteiger partial charge < -0.3 is 0 Å². The van der Waals surface area contributed by atoms with Crippen LogP contribution in [0.25, 0.3) is 6.20 Å². The van der Waals surface area contributed by atoms with Crippen LogP contribution in [-0.2, 0) is 0 Å². The molecule has 0 radical (unpaired) electrons. The van der Waals surface area contributed by atoms with Gasteiger partial charge in [-0.1, -0.05) is 13.8 Å². The van der Waals surface area contributed by atoms with Gasteiger partial charge in [0, 0.05) is 6.20 Å². The van der Waals surface area contributed by atoms with Gasteiger partial charge in [0.25, 0.3) is 0 Å². The van der Waals surface area contributed by atoms with E-state index in [2.05, 4.69) is 18.9 Å². The number of hydrogen-bond acceptors (Lipinski definition) is 1. The maximum Gasteiger partial charge on any atom is 0.105 e. The predicted octanol–water partition coefficient (Wildman–Crippen LogP) is 2.40. The van der Waals surface area contributed by atoms with E-state index >= 15 is 0 Å². The van der Waals surface area contributed by atoms with E-state index in [1.807, 2.05) is 0 Å². The van der Waals surface area contributed by atoms with E-state index in [4.69, 9.17) is 0 Å². The molecule has 0 aliphatic heterocycles. The van der Waals surface area contributed by atoms with E-state index in [1.165, 1.54) is 10.9 Å². The molecule has 0 atom stereocenters. The van der Waals surface area contributed by atoms with Gasteiger partial charge in [-0.2, -0.15) is 5.10 Å². The Bertz CT molecular complexity index is 250. The van der Waals surface area contributed by atoms with Crippen molar-refractivity contribution in [2.24, 2.45) is 0 Å². The average molecular weight is 154 g/mol. The third-order valence-corrected chi connectivity index (χ3v) is 1.50. The minimum absolute atomic E-state index is 0.441. The normalized spacial score (nSPS) is 11.6. The lowest BCUT2D eigenvalue weighted by molar-refractivity contribution is 0.718. The zero-order chi connectivity index (χ0) is 8.27. The van der Waals surface area contributed by atoms with Crippen molar-refractivity contribution in [3.63, 3.8) is 0 Å². The molecule has 0 aliphatic rings. The van der Waals surface area contributed by atoms with E-state index in [0.29, 0.717) is 12.2 Å². The van der Waals surface area contributed by atoms with Crippen molar-refractivity contribution >= 4 is 6.20 Å². The third-order valence-electron chi connectivity index (χ3n) is 1.50. The molecule has 60 valence electrons. The maximum absolute atomic E-state index is 11.6. The molecule has 0 amide bonds. The summed E-state index contributed by atoms with van der Waals surface area (Å²) in [4.78, 5) is 0. The van der Waals surface area contributed by atoms with Crippen molar-refractivity contribution in [2.75, 3.05) is 0 Å². The molecule has 1 heterocycles. The molecule has 0 aromatic carbocycles. The van der Waals surface area contributed by atoms with Crippen LogP contribution in [0.3, 0.4) is 0 Å². The van der Waals surface area contributed by atoms with Crippen molar-refractivity contribution in [2.45, 2.75) is 19.8 Å². The molecule has 3 heteroatoms. The Morgan fingerprint density at radius 3 is 2.82 bits per heavy atom. The van der Waals surface area contributed by atoms with Crippen LogP contribution in [0, 0.1) is 0 Å². The van der Waals surface area contributed by atoms with Crippen molar-refractivity contribution in [1.29, 1.82) is 0 Å². The van der Waals surface area contributed by atoms with Crippen molar-refractivity contribution < 1.29 is 4.39 Å². The van der Waals surface area contributed by atoms with Crippen molar-refractivity contribution in [3.05, 3.63) is 24.3 Å². The summed E-state index contributed by atoms with van der Waals surface area (Å²) in [6.45, 7) is 4.14. The SMILES string of the molecule is CC(C)c1cnn(/C=C/F)c1. The highest BCUT2D eigenvalue weighted by Gasteiger charge is 1.99. The molecule has 1 aromatic rings. The Balaban J connectivity index is 2.81. The lowest BCUT2D eigenvalue weighted by atomic mass is 10.1. The van der Waals surface area contributed by atoms with E-state index < -0.39 is 0 Å². The van der Waals surface area contributed by atoms with E-state index in [1.54, 1.807) is 12.4 Å². The van der Waals surface area contributed by atoms with Crippen LogP contribution in [0.5, 0.6) is 0 Å². The van der Waals surface area contributed by atoms with Gasteiger partial charge in [-0.3, -0.25) is 0 Å². The van der Waals surface area contributed by atoms with Crippen LogP contribution in [-0.4, -0.2) is 9.78 Å². The second-order valence-corrected chi connectivity index (χ2v) is 2.68. The molecule has 2 nitrogen and oxygen atoms in total. The largest absolute Gasteiger partial charge is 0.246 e. The van der Waals surface area contributed by atoms with Crippen LogP contribution < -0.4 is 0 Å². The van der Waals surface area contributed by atoms with Crippen molar-refractivity contribution in [1.82, 2.24) is 9.78 Å². The van der Waals surface area contributed by atoms with Gasteiger partial charge in [0.1, 0.15) is 6.33 Å². The summed E-state index contributed by atoms with van der Waals surface area (Å²) in [5.41, 5.74) is 1.11. The molecule has 0 unspecified atom stereocenters. The van der Waals surface area contributed by atoms with Gasteiger partial charge >= 0.3 is 0 Å². The molecule has 0 spiro atoms. The fourth-order valence-corrected chi connectivity index (χ4v) is 0.790. The second-order valence-electron chi connectivity index (χ2n) is 2.68. The number of aromatic nitrogens is 2. The summed E-state index contributed by atoms with van der Waals surface area (Å²) in [5, 5.41) is 3.92. The van der Waals surface area contributed by atoms with Gasteiger partial charge in [0.05, 0.1) is 12.4 Å². The summed E-state index contributed by atoms with van der Waals surface area (Å²) < 4.78 is 13.1. The van der Waals surface area contributed by atoms with Crippen LogP contribution in [0.15, 0.2) is 18.7 Å². The first-order valence-electron chi connectivity index (χ1n) is 3.55. The molecule has 11 heavy (non-hydrogen) atoms. The quantitative estimate of drug-likeness (QED) is 0.639. The topological polar surface area (TPSA) is 17.8 Å². The first kappa shape index (κ1) is 7.98. The Kier molecular flexibility index (Phi) is 2.41. The molecule has 0 N–H and O–H groups in total. The predicted molar refractivity (Wildman–Crippen MR) is 42.8 cm³/mol. The zero-order valence-electron chi connectivity index (χ0n) is 6.66. The zero-order valence-corrected chi connectivity index (χ0v) is 6.66.